The molecule has 0 atom stereocenters. The molecule has 1 heterocycles. The van der Waals surface area contributed by atoms with Crippen molar-refractivity contribution in [3.63, 3.8) is 0 Å². The first-order valence-corrected chi connectivity index (χ1v) is 5.17. The fourth-order valence-corrected chi connectivity index (χ4v) is 1.39. The standard InChI is InChI=1S/C12H9FN2O4/c1-18-9-4-2-3-8(11(16)17)10(9)19-12-14-5-7(13)6-15-12/h2-6H,1H3,(H,16,17). The van der Waals surface area contributed by atoms with Crippen molar-refractivity contribution in [2.24, 2.45) is 0 Å². The van der Waals surface area contributed by atoms with Crippen LogP contribution < -0.4 is 9.47 Å². The minimum absolute atomic E-state index is 0.0379. The van der Waals surface area contributed by atoms with Crippen LogP contribution in [0.1, 0.15) is 10.4 Å². The van der Waals surface area contributed by atoms with Crippen LogP contribution in [0, 0.1) is 5.82 Å². The van der Waals surface area contributed by atoms with Gasteiger partial charge in [0.2, 0.25) is 0 Å². The van der Waals surface area contributed by atoms with Gasteiger partial charge in [-0.05, 0) is 12.1 Å². The van der Waals surface area contributed by atoms with E-state index in [2.05, 4.69) is 9.97 Å². The summed E-state index contributed by atoms with van der Waals surface area (Å²) < 4.78 is 22.9. The summed E-state index contributed by atoms with van der Waals surface area (Å²) in [5.41, 5.74) is -0.104. The second-order valence-corrected chi connectivity index (χ2v) is 3.43. The summed E-state index contributed by atoms with van der Waals surface area (Å²) in [5.74, 6) is -1.63. The van der Waals surface area contributed by atoms with Gasteiger partial charge in [0.05, 0.1) is 19.5 Å². The molecule has 2 rings (SSSR count). The van der Waals surface area contributed by atoms with E-state index < -0.39 is 11.8 Å². The predicted molar refractivity (Wildman–Crippen MR) is 62.0 cm³/mol. The van der Waals surface area contributed by atoms with Crippen LogP contribution >= 0.6 is 0 Å². The minimum atomic E-state index is -1.18. The van der Waals surface area contributed by atoms with Gasteiger partial charge in [0.1, 0.15) is 5.56 Å². The number of carbonyl (C=O) groups is 1. The number of carboxylic acids is 1. The molecule has 1 N–H and O–H groups in total. The molecule has 1 aromatic heterocycles. The minimum Gasteiger partial charge on any atom is -0.493 e. The van der Waals surface area contributed by atoms with E-state index >= 15 is 0 Å². The molecular formula is C12H9FN2O4. The number of hydrogen-bond acceptors (Lipinski definition) is 5. The van der Waals surface area contributed by atoms with Crippen molar-refractivity contribution >= 4 is 5.97 Å². The zero-order valence-corrected chi connectivity index (χ0v) is 9.83. The fraction of sp³-hybridized carbons (Fsp3) is 0.0833. The number of ether oxygens (including phenoxy) is 2. The van der Waals surface area contributed by atoms with Gasteiger partial charge in [0.25, 0.3) is 0 Å². The van der Waals surface area contributed by atoms with Crippen molar-refractivity contribution in [2.75, 3.05) is 7.11 Å². The summed E-state index contributed by atoms with van der Waals surface area (Å²) in [6, 6.07) is 4.23. The van der Waals surface area contributed by atoms with Crippen molar-refractivity contribution in [3.8, 4) is 17.5 Å². The van der Waals surface area contributed by atoms with Gasteiger partial charge in [-0.2, -0.15) is 0 Å². The lowest BCUT2D eigenvalue weighted by atomic mass is 10.2. The second-order valence-electron chi connectivity index (χ2n) is 3.43. The summed E-state index contributed by atoms with van der Waals surface area (Å²) in [7, 11) is 1.37. The first-order valence-electron chi connectivity index (χ1n) is 5.17. The van der Waals surface area contributed by atoms with Crippen LogP contribution in [0.2, 0.25) is 0 Å². The van der Waals surface area contributed by atoms with Gasteiger partial charge in [0, 0.05) is 0 Å². The Morgan fingerprint density at radius 3 is 2.58 bits per heavy atom. The lowest BCUT2D eigenvalue weighted by molar-refractivity contribution is 0.0693. The maximum Gasteiger partial charge on any atom is 0.339 e. The average Bonchev–Trinajstić information content (AvgIpc) is 2.41. The number of carboxylic acid groups (broad SMARTS) is 1. The van der Waals surface area contributed by atoms with Gasteiger partial charge in [0.15, 0.2) is 17.3 Å². The number of aromatic nitrogens is 2. The number of rotatable bonds is 4. The van der Waals surface area contributed by atoms with Crippen molar-refractivity contribution in [3.05, 3.63) is 42.0 Å². The van der Waals surface area contributed by atoms with Crippen LogP contribution in [0.25, 0.3) is 0 Å². The second kappa shape index (κ2) is 5.30. The highest BCUT2D eigenvalue weighted by Crippen LogP contribution is 2.33. The van der Waals surface area contributed by atoms with Gasteiger partial charge in [-0.25, -0.2) is 19.2 Å². The Kier molecular flexibility index (Phi) is 3.56. The van der Waals surface area contributed by atoms with Crippen LogP contribution in [0.15, 0.2) is 30.6 Å². The molecule has 0 saturated heterocycles. The average molecular weight is 264 g/mol. The largest absolute Gasteiger partial charge is 0.493 e. The first kappa shape index (κ1) is 12.7. The fourth-order valence-electron chi connectivity index (χ4n) is 1.39. The topological polar surface area (TPSA) is 81.5 Å². The molecule has 7 heteroatoms. The molecule has 2 aromatic rings. The third-order valence-corrected chi connectivity index (χ3v) is 2.22. The summed E-state index contributed by atoms with van der Waals surface area (Å²) in [5, 5.41) is 9.07. The van der Waals surface area contributed by atoms with Gasteiger partial charge < -0.3 is 14.6 Å². The van der Waals surface area contributed by atoms with E-state index in [0.29, 0.717) is 0 Å². The number of methoxy groups -OCH3 is 1. The zero-order chi connectivity index (χ0) is 13.8. The van der Waals surface area contributed by atoms with E-state index in [4.69, 9.17) is 14.6 Å². The van der Waals surface area contributed by atoms with Crippen LogP contribution in [-0.2, 0) is 0 Å². The van der Waals surface area contributed by atoms with Gasteiger partial charge in [-0.3, -0.25) is 0 Å². The molecule has 0 aliphatic rings. The Balaban J connectivity index is 2.42. The van der Waals surface area contributed by atoms with E-state index in [1.54, 1.807) is 0 Å². The Bertz CT molecular complexity index is 601. The monoisotopic (exact) mass is 264 g/mol. The van der Waals surface area contributed by atoms with Crippen LogP contribution in [0.5, 0.6) is 17.5 Å². The quantitative estimate of drug-likeness (QED) is 0.910. The molecular weight excluding hydrogens is 255 g/mol. The molecule has 0 fully saturated rings. The summed E-state index contributed by atoms with van der Waals surface area (Å²) in [6.07, 6.45) is 1.83. The molecule has 0 spiro atoms. The molecule has 0 saturated carbocycles. The molecule has 0 aliphatic carbocycles. The molecule has 19 heavy (non-hydrogen) atoms. The molecule has 6 nitrogen and oxygen atoms in total. The lowest BCUT2D eigenvalue weighted by Crippen LogP contribution is -2.03. The normalized spacial score (nSPS) is 10.0. The molecule has 0 amide bonds. The molecule has 1 aromatic carbocycles. The summed E-state index contributed by atoms with van der Waals surface area (Å²) in [4.78, 5) is 18.3. The number of nitrogens with zero attached hydrogens (tertiary/aromatic N) is 2. The van der Waals surface area contributed by atoms with E-state index in [0.717, 1.165) is 12.4 Å². The Morgan fingerprint density at radius 2 is 2.00 bits per heavy atom. The van der Waals surface area contributed by atoms with Crippen molar-refractivity contribution in [1.82, 2.24) is 9.97 Å². The molecule has 98 valence electrons. The Hall–Kier alpha value is -2.70. The molecule has 0 aliphatic heterocycles. The maximum absolute atomic E-state index is 12.7. The third kappa shape index (κ3) is 2.76. The predicted octanol–water partition coefficient (Wildman–Crippen LogP) is 2.11. The number of hydrogen-bond donors (Lipinski definition) is 1. The molecule has 0 radical (unpaired) electrons. The molecule has 0 bridgehead atoms. The van der Waals surface area contributed by atoms with Crippen molar-refractivity contribution < 1.29 is 23.8 Å². The van der Waals surface area contributed by atoms with Crippen LogP contribution in [-0.4, -0.2) is 28.2 Å². The third-order valence-electron chi connectivity index (χ3n) is 2.22. The highest BCUT2D eigenvalue weighted by molar-refractivity contribution is 5.92. The highest BCUT2D eigenvalue weighted by Gasteiger charge is 2.18. The van der Waals surface area contributed by atoms with Crippen LogP contribution in [0.3, 0.4) is 0 Å². The number of benzene rings is 1. The molecule has 0 unspecified atom stereocenters. The van der Waals surface area contributed by atoms with E-state index in [9.17, 15) is 9.18 Å². The Labute approximate surface area is 107 Å². The first-order chi connectivity index (χ1) is 9.11. The number of para-hydroxylation sites is 1. The SMILES string of the molecule is COc1cccc(C(=O)O)c1Oc1ncc(F)cn1. The van der Waals surface area contributed by atoms with Crippen molar-refractivity contribution in [2.45, 2.75) is 0 Å². The van der Waals surface area contributed by atoms with Crippen LogP contribution in [0.4, 0.5) is 4.39 Å². The Morgan fingerprint density at radius 1 is 1.32 bits per heavy atom. The van der Waals surface area contributed by atoms with Crippen molar-refractivity contribution in [1.29, 1.82) is 0 Å². The number of halogens is 1. The zero-order valence-electron chi connectivity index (χ0n) is 9.83. The highest BCUT2D eigenvalue weighted by atomic mass is 19.1. The summed E-state index contributed by atoms with van der Waals surface area (Å²) in [6.45, 7) is 0. The lowest BCUT2D eigenvalue weighted by Gasteiger charge is -2.11. The number of aromatic carboxylic acids is 1. The summed E-state index contributed by atoms with van der Waals surface area (Å²) >= 11 is 0. The van der Waals surface area contributed by atoms with E-state index in [-0.39, 0.29) is 23.1 Å². The van der Waals surface area contributed by atoms with Gasteiger partial charge in [-0.15, -0.1) is 0 Å². The van der Waals surface area contributed by atoms with Gasteiger partial charge in [-0.1, -0.05) is 6.07 Å². The van der Waals surface area contributed by atoms with E-state index in [1.807, 2.05) is 0 Å². The smallest absolute Gasteiger partial charge is 0.339 e. The maximum atomic E-state index is 12.7. The van der Waals surface area contributed by atoms with Gasteiger partial charge >= 0.3 is 12.0 Å². The van der Waals surface area contributed by atoms with E-state index in [1.165, 1.54) is 25.3 Å².